The quantitative estimate of drug-likeness (QED) is 0.672. The van der Waals surface area contributed by atoms with E-state index in [0.29, 0.717) is 5.75 Å². The van der Waals surface area contributed by atoms with Crippen LogP contribution in [-0.2, 0) is 4.74 Å². The summed E-state index contributed by atoms with van der Waals surface area (Å²) in [5.74, 6) is -0.778. The molecule has 23 heavy (non-hydrogen) atoms. The fourth-order valence-corrected chi connectivity index (χ4v) is 2.14. The molecule has 0 saturated carbocycles. The van der Waals surface area contributed by atoms with Crippen LogP contribution in [0, 0.1) is 0 Å². The fourth-order valence-electron chi connectivity index (χ4n) is 1.80. The molecule has 1 heterocycles. The summed E-state index contributed by atoms with van der Waals surface area (Å²) in [6, 6.07) is 7.49. The highest BCUT2D eigenvalue weighted by atomic mass is 35.5. The molecular weight excluding hydrogens is 343 g/mol. The van der Waals surface area contributed by atoms with Crippen molar-refractivity contribution < 1.29 is 19.1 Å². The number of amides is 1. The minimum atomic E-state index is -0.621. The second-order valence-electron chi connectivity index (χ2n) is 4.32. The van der Waals surface area contributed by atoms with E-state index in [1.165, 1.54) is 38.5 Å². The average Bonchev–Trinajstić information content (AvgIpc) is 2.56. The summed E-state index contributed by atoms with van der Waals surface area (Å²) in [7, 11) is 2.70. The van der Waals surface area contributed by atoms with Gasteiger partial charge in [-0.15, -0.1) is 0 Å². The summed E-state index contributed by atoms with van der Waals surface area (Å²) in [6.45, 7) is 0. The van der Waals surface area contributed by atoms with Crippen LogP contribution < -0.4 is 10.1 Å². The molecule has 2 rings (SSSR count). The molecule has 2 aromatic rings. The molecule has 120 valence electrons. The number of benzene rings is 1. The predicted octanol–water partition coefficient (Wildman–Crippen LogP) is 3.44. The number of aromatic nitrogens is 1. The summed E-state index contributed by atoms with van der Waals surface area (Å²) >= 11 is 11.7. The number of esters is 1. The molecule has 0 spiro atoms. The van der Waals surface area contributed by atoms with Crippen molar-refractivity contribution in [3.8, 4) is 5.75 Å². The van der Waals surface area contributed by atoms with Crippen LogP contribution in [0.3, 0.4) is 0 Å². The molecule has 1 aromatic carbocycles. The first-order valence-corrected chi connectivity index (χ1v) is 7.11. The molecule has 1 aromatic heterocycles. The maximum Gasteiger partial charge on any atom is 0.340 e. The van der Waals surface area contributed by atoms with Gasteiger partial charge in [-0.1, -0.05) is 23.2 Å². The monoisotopic (exact) mass is 354 g/mol. The Labute approximate surface area is 142 Å². The lowest BCUT2D eigenvalue weighted by atomic mass is 10.1. The number of rotatable bonds is 4. The van der Waals surface area contributed by atoms with Crippen molar-refractivity contribution in [2.45, 2.75) is 0 Å². The van der Waals surface area contributed by atoms with Crippen LogP contribution in [0.25, 0.3) is 0 Å². The van der Waals surface area contributed by atoms with Crippen LogP contribution in [-0.4, -0.2) is 31.1 Å². The van der Waals surface area contributed by atoms with E-state index in [1.54, 1.807) is 6.07 Å². The van der Waals surface area contributed by atoms with Gasteiger partial charge in [0.05, 0.1) is 30.5 Å². The van der Waals surface area contributed by atoms with Gasteiger partial charge in [-0.25, -0.2) is 9.78 Å². The second kappa shape index (κ2) is 7.30. The molecule has 0 radical (unpaired) electrons. The first-order valence-electron chi connectivity index (χ1n) is 6.36. The van der Waals surface area contributed by atoms with E-state index in [2.05, 4.69) is 10.3 Å². The van der Waals surface area contributed by atoms with E-state index in [-0.39, 0.29) is 27.1 Å². The number of carbonyl (C=O) groups is 2. The molecule has 0 fully saturated rings. The first kappa shape index (κ1) is 17.1. The molecule has 0 saturated heterocycles. The van der Waals surface area contributed by atoms with Gasteiger partial charge in [-0.3, -0.25) is 4.79 Å². The van der Waals surface area contributed by atoms with E-state index in [0.717, 1.165) is 0 Å². The Bertz CT molecular complexity index is 765. The van der Waals surface area contributed by atoms with E-state index in [1.807, 2.05) is 0 Å². The number of anilines is 1. The molecule has 8 heteroatoms. The van der Waals surface area contributed by atoms with Gasteiger partial charge < -0.3 is 14.8 Å². The molecule has 0 atom stereocenters. The number of nitrogens with one attached hydrogen (secondary N) is 1. The van der Waals surface area contributed by atoms with Crippen LogP contribution in [0.5, 0.6) is 5.75 Å². The van der Waals surface area contributed by atoms with E-state index in [9.17, 15) is 9.59 Å². The summed E-state index contributed by atoms with van der Waals surface area (Å²) in [5, 5.41) is 2.83. The third kappa shape index (κ3) is 3.91. The second-order valence-corrected chi connectivity index (χ2v) is 5.12. The van der Waals surface area contributed by atoms with Crippen molar-refractivity contribution in [1.82, 2.24) is 4.98 Å². The molecular formula is C15H12Cl2N2O4. The number of nitrogens with zero attached hydrogens (tertiary/aromatic N) is 1. The highest BCUT2D eigenvalue weighted by Crippen LogP contribution is 2.24. The highest BCUT2D eigenvalue weighted by Gasteiger charge is 2.18. The standard InChI is InChI=1S/C15H12Cl2N2O4/c1-22-8-3-5-11(9(7-8)15(21)23-2)18-14(20)13-10(16)4-6-12(17)19-13/h3-7H,1-2H3,(H,18,20). The van der Waals surface area contributed by atoms with Gasteiger partial charge in [0.1, 0.15) is 16.6 Å². The lowest BCUT2D eigenvalue weighted by molar-refractivity contribution is 0.0601. The summed E-state index contributed by atoms with van der Waals surface area (Å²) in [5.41, 5.74) is 0.324. The topological polar surface area (TPSA) is 77.5 Å². The molecule has 0 bridgehead atoms. The molecule has 1 amide bonds. The lowest BCUT2D eigenvalue weighted by Gasteiger charge is -2.11. The van der Waals surface area contributed by atoms with Crippen molar-refractivity contribution in [2.24, 2.45) is 0 Å². The Kier molecular flexibility index (Phi) is 5.41. The largest absolute Gasteiger partial charge is 0.497 e. The highest BCUT2D eigenvalue weighted by molar-refractivity contribution is 6.35. The van der Waals surface area contributed by atoms with Crippen molar-refractivity contribution in [3.63, 3.8) is 0 Å². The average molecular weight is 355 g/mol. The molecule has 0 aliphatic carbocycles. The Hall–Kier alpha value is -2.31. The summed E-state index contributed by atoms with van der Waals surface area (Å²) in [6.07, 6.45) is 0. The van der Waals surface area contributed by atoms with Gasteiger partial charge in [-0.05, 0) is 30.3 Å². The van der Waals surface area contributed by atoms with Gasteiger partial charge in [0.2, 0.25) is 0 Å². The van der Waals surface area contributed by atoms with Gasteiger partial charge >= 0.3 is 5.97 Å². The first-order chi connectivity index (χ1) is 11.0. The van der Waals surface area contributed by atoms with Gasteiger partial charge in [0, 0.05) is 0 Å². The van der Waals surface area contributed by atoms with E-state index in [4.69, 9.17) is 32.7 Å². The molecule has 0 unspecified atom stereocenters. The van der Waals surface area contributed by atoms with Gasteiger partial charge in [0.15, 0.2) is 0 Å². The van der Waals surface area contributed by atoms with Gasteiger partial charge in [-0.2, -0.15) is 0 Å². The smallest absolute Gasteiger partial charge is 0.340 e. The Balaban J connectivity index is 2.37. The maximum absolute atomic E-state index is 12.3. The number of carbonyl (C=O) groups excluding carboxylic acids is 2. The third-order valence-electron chi connectivity index (χ3n) is 2.91. The number of ether oxygens (including phenoxy) is 2. The van der Waals surface area contributed by atoms with Crippen molar-refractivity contribution in [2.75, 3.05) is 19.5 Å². The number of hydrogen-bond donors (Lipinski definition) is 1. The third-order valence-corrected chi connectivity index (χ3v) is 3.42. The molecule has 6 nitrogen and oxygen atoms in total. The molecule has 1 N–H and O–H groups in total. The van der Waals surface area contributed by atoms with Crippen LogP contribution >= 0.6 is 23.2 Å². The normalized spacial score (nSPS) is 10.1. The zero-order valence-corrected chi connectivity index (χ0v) is 13.7. The van der Waals surface area contributed by atoms with E-state index >= 15 is 0 Å². The molecule has 0 aliphatic heterocycles. The zero-order valence-electron chi connectivity index (χ0n) is 12.2. The molecule has 0 aliphatic rings. The Morgan fingerprint density at radius 1 is 1.13 bits per heavy atom. The SMILES string of the molecule is COC(=O)c1cc(OC)ccc1NC(=O)c1nc(Cl)ccc1Cl. The van der Waals surface area contributed by atoms with Gasteiger partial charge in [0.25, 0.3) is 5.91 Å². The minimum Gasteiger partial charge on any atom is -0.497 e. The van der Waals surface area contributed by atoms with Crippen LogP contribution in [0.2, 0.25) is 10.2 Å². The maximum atomic E-state index is 12.3. The Morgan fingerprint density at radius 3 is 2.52 bits per heavy atom. The van der Waals surface area contributed by atoms with Crippen LogP contribution in [0.1, 0.15) is 20.8 Å². The minimum absolute atomic E-state index is 0.0502. The zero-order chi connectivity index (χ0) is 17.0. The lowest BCUT2D eigenvalue weighted by Crippen LogP contribution is -2.17. The number of halogens is 2. The summed E-state index contributed by atoms with van der Waals surface area (Å²) in [4.78, 5) is 28.0. The fraction of sp³-hybridized carbons (Fsp3) is 0.133. The van der Waals surface area contributed by atoms with Crippen molar-refractivity contribution in [1.29, 1.82) is 0 Å². The number of pyridine rings is 1. The van der Waals surface area contributed by atoms with Crippen LogP contribution in [0.4, 0.5) is 5.69 Å². The number of hydrogen-bond acceptors (Lipinski definition) is 5. The van der Waals surface area contributed by atoms with Crippen LogP contribution in [0.15, 0.2) is 30.3 Å². The van der Waals surface area contributed by atoms with Crippen molar-refractivity contribution >= 4 is 40.8 Å². The Morgan fingerprint density at radius 2 is 1.87 bits per heavy atom. The predicted molar refractivity (Wildman–Crippen MR) is 86.5 cm³/mol. The number of methoxy groups -OCH3 is 2. The van der Waals surface area contributed by atoms with Crippen molar-refractivity contribution in [3.05, 3.63) is 51.8 Å². The van der Waals surface area contributed by atoms with E-state index < -0.39 is 11.9 Å². The summed E-state index contributed by atoms with van der Waals surface area (Å²) < 4.78 is 9.76.